The number of benzene rings is 2. The smallest absolute Gasteiger partial charge is 0.426 e. The number of rotatable bonds is 5. The Bertz CT molecular complexity index is 733. The van der Waals surface area contributed by atoms with E-state index in [2.05, 4.69) is 10.9 Å². The first-order valence-corrected chi connectivity index (χ1v) is 7.78. The quantitative estimate of drug-likeness (QED) is 0.795. The summed E-state index contributed by atoms with van der Waals surface area (Å²) in [7, 11) is 0. The largest absolute Gasteiger partial charge is 0.494 e. The number of carbonyl (C=O) groups excluding carboxylic acids is 2. The van der Waals surface area contributed by atoms with Gasteiger partial charge < -0.3 is 9.47 Å². The van der Waals surface area contributed by atoms with Crippen molar-refractivity contribution in [2.45, 2.75) is 13.5 Å². The first-order valence-electron chi connectivity index (χ1n) is 7.40. The summed E-state index contributed by atoms with van der Waals surface area (Å²) < 4.78 is 23.6. The van der Waals surface area contributed by atoms with Crippen molar-refractivity contribution in [3.05, 3.63) is 64.4 Å². The Morgan fingerprint density at radius 3 is 2.48 bits per heavy atom. The summed E-state index contributed by atoms with van der Waals surface area (Å²) >= 11 is 5.82. The van der Waals surface area contributed by atoms with Crippen LogP contribution in [0.25, 0.3) is 0 Å². The van der Waals surface area contributed by atoms with Gasteiger partial charge in [0, 0.05) is 11.1 Å². The van der Waals surface area contributed by atoms with Gasteiger partial charge in [0.05, 0.1) is 11.6 Å². The van der Waals surface area contributed by atoms with Crippen molar-refractivity contribution in [3.63, 3.8) is 0 Å². The molecule has 0 aromatic heterocycles. The summed E-state index contributed by atoms with van der Waals surface area (Å²) in [6, 6.07) is 10.5. The predicted molar refractivity (Wildman–Crippen MR) is 89.8 cm³/mol. The average Bonchev–Trinajstić information content (AvgIpc) is 2.60. The number of ether oxygens (including phenoxy) is 2. The molecule has 0 unspecified atom stereocenters. The van der Waals surface area contributed by atoms with E-state index in [-0.39, 0.29) is 17.2 Å². The SMILES string of the molecule is CCOc1ccc(C(=O)NNC(=O)OCc2c(F)cccc2Cl)cc1. The molecule has 0 aliphatic heterocycles. The first-order chi connectivity index (χ1) is 12.0. The molecule has 0 saturated heterocycles. The second kappa shape index (κ2) is 8.89. The highest BCUT2D eigenvalue weighted by Crippen LogP contribution is 2.19. The summed E-state index contributed by atoms with van der Waals surface area (Å²) in [5.41, 5.74) is 4.63. The topological polar surface area (TPSA) is 76.7 Å². The minimum Gasteiger partial charge on any atom is -0.494 e. The lowest BCUT2D eigenvalue weighted by Crippen LogP contribution is -2.41. The lowest BCUT2D eigenvalue weighted by molar-refractivity contribution is 0.0904. The van der Waals surface area contributed by atoms with Crippen molar-refractivity contribution < 1.29 is 23.5 Å². The molecule has 0 spiro atoms. The summed E-state index contributed by atoms with van der Waals surface area (Å²) in [6.45, 7) is 2.01. The Balaban J connectivity index is 1.82. The fraction of sp³-hybridized carbons (Fsp3) is 0.176. The molecule has 0 heterocycles. The molecular weight excluding hydrogens is 351 g/mol. The van der Waals surface area contributed by atoms with Crippen molar-refractivity contribution in [2.75, 3.05) is 6.61 Å². The third kappa shape index (κ3) is 5.36. The van der Waals surface area contributed by atoms with Gasteiger partial charge in [-0.1, -0.05) is 17.7 Å². The summed E-state index contributed by atoms with van der Waals surface area (Å²) in [4.78, 5) is 23.5. The van der Waals surface area contributed by atoms with Crippen LogP contribution >= 0.6 is 11.6 Å². The van der Waals surface area contributed by atoms with Crippen LogP contribution in [-0.2, 0) is 11.3 Å². The molecular formula is C17H16ClFN2O4. The van der Waals surface area contributed by atoms with Gasteiger partial charge in [-0.15, -0.1) is 0 Å². The Labute approximate surface area is 148 Å². The van der Waals surface area contributed by atoms with Gasteiger partial charge in [0.15, 0.2) is 0 Å². The predicted octanol–water partition coefficient (Wildman–Crippen LogP) is 3.45. The normalized spacial score (nSPS) is 10.0. The zero-order valence-electron chi connectivity index (χ0n) is 13.3. The van der Waals surface area contributed by atoms with E-state index < -0.39 is 17.8 Å². The first kappa shape index (κ1) is 18.5. The van der Waals surface area contributed by atoms with E-state index in [1.807, 2.05) is 6.92 Å². The van der Waals surface area contributed by atoms with Crippen molar-refractivity contribution in [1.82, 2.24) is 10.9 Å². The van der Waals surface area contributed by atoms with Crippen LogP contribution in [-0.4, -0.2) is 18.6 Å². The number of hydrazine groups is 1. The molecule has 2 N–H and O–H groups in total. The van der Waals surface area contributed by atoms with Crippen LogP contribution in [0.15, 0.2) is 42.5 Å². The molecule has 0 radical (unpaired) electrons. The van der Waals surface area contributed by atoms with E-state index in [0.29, 0.717) is 17.9 Å². The molecule has 2 aromatic carbocycles. The summed E-state index contributed by atoms with van der Waals surface area (Å²) in [5.74, 6) is -0.490. The molecule has 2 aromatic rings. The van der Waals surface area contributed by atoms with Crippen molar-refractivity contribution in [3.8, 4) is 5.75 Å². The molecule has 25 heavy (non-hydrogen) atoms. The maximum absolute atomic E-state index is 13.5. The van der Waals surface area contributed by atoms with Gasteiger partial charge in [0.25, 0.3) is 5.91 Å². The number of hydrogen-bond acceptors (Lipinski definition) is 4. The summed E-state index contributed by atoms with van der Waals surface area (Å²) in [6.07, 6.45) is -0.946. The van der Waals surface area contributed by atoms with Crippen LogP contribution in [0.3, 0.4) is 0 Å². The van der Waals surface area contributed by atoms with Crippen LogP contribution in [0.4, 0.5) is 9.18 Å². The van der Waals surface area contributed by atoms with Crippen molar-refractivity contribution >= 4 is 23.6 Å². The van der Waals surface area contributed by atoms with Gasteiger partial charge in [-0.3, -0.25) is 10.2 Å². The molecule has 2 amide bonds. The lowest BCUT2D eigenvalue weighted by atomic mass is 10.2. The molecule has 6 nitrogen and oxygen atoms in total. The van der Waals surface area contributed by atoms with Crippen LogP contribution < -0.4 is 15.6 Å². The van der Waals surface area contributed by atoms with Gasteiger partial charge >= 0.3 is 6.09 Å². The number of halogens is 2. The maximum Gasteiger partial charge on any atom is 0.426 e. The second-order valence-corrected chi connectivity index (χ2v) is 5.22. The third-order valence-electron chi connectivity index (χ3n) is 3.11. The van der Waals surface area contributed by atoms with Crippen LogP contribution in [0, 0.1) is 5.82 Å². The van der Waals surface area contributed by atoms with Gasteiger partial charge in [-0.05, 0) is 43.3 Å². The molecule has 0 aliphatic rings. The molecule has 0 bridgehead atoms. The van der Waals surface area contributed by atoms with Gasteiger partial charge in [0.1, 0.15) is 18.2 Å². The van der Waals surface area contributed by atoms with Gasteiger partial charge in [-0.2, -0.15) is 0 Å². The van der Waals surface area contributed by atoms with Crippen LogP contribution in [0.1, 0.15) is 22.8 Å². The van der Waals surface area contributed by atoms with Crippen molar-refractivity contribution in [1.29, 1.82) is 0 Å². The van der Waals surface area contributed by atoms with E-state index >= 15 is 0 Å². The number of amides is 2. The Morgan fingerprint density at radius 2 is 1.84 bits per heavy atom. The van der Waals surface area contributed by atoms with E-state index in [1.54, 1.807) is 24.3 Å². The highest BCUT2D eigenvalue weighted by atomic mass is 35.5. The molecule has 8 heteroatoms. The molecule has 0 fully saturated rings. The second-order valence-electron chi connectivity index (χ2n) is 4.81. The van der Waals surface area contributed by atoms with Gasteiger partial charge in [0.2, 0.25) is 0 Å². The van der Waals surface area contributed by atoms with E-state index in [1.165, 1.54) is 18.2 Å². The minimum absolute atomic E-state index is 0.0529. The molecule has 0 aliphatic carbocycles. The number of nitrogens with one attached hydrogen (secondary N) is 2. The lowest BCUT2D eigenvalue weighted by Gasteiger charge is -2.10. The third-order valence-corrected chi connectivity index (χ3v) is 3.47. The Hall–Kier alpha value is -2.80. The molecule has 0 atom stereocenters. The maximum atomic E-state index is 13.5. The van der Waals surface area contributed by atoms with E-state index in [4.69, 9.17) is 21.1 Å². The minimum atomic E-state index is -0.946. The van der Waals surface area contributed by atoms with Crippen molar-refractivity contribution in [2.24, 2.45) is 0 Å². The number of carbonyl (C=O) groups is 2. The Morgan fingerprint density at radius 1 is 1.12 bits per heavy atom. The van der Waals surface area contributed by atoms with Gasteiger partial charge in [-0.25, -0.2) is 14.6 Å². The average molecular weight is 367 g/mol. The van der Waals surface area contributed by atoms with E-state index in [0.717, 1.165) is 0 Å². The number of hydrogen-bond donors (Lipinski definition) is 2. The zero-order valence-corrected chi connectivity index (χ0v) is 14.1. The molecule has 132 valence electrons. The fourth-order valence-corrected chi connectivity index (χ4v) is 2.11. The molecule has 2 rings (SSSR count). The zero-order chi connectivity index (χ0) is 18.2. The van der Waals surface area contributed by atoms with Crippen LogP contribution in [0.5, 0.6) is 5.75 Å². The molecule has 0 saturated carbocycles. The monoisotopic (exact) mass is 366 g/mol. The Kier molecular flexibility index (Phi) is 6.59. The highest BCUT2D eigenvalue weighted by Gasteiger charge is 2.11. The summed E-state index contributed by atoms with van der Waals surface area (Å²) in [5, 5.41) is 0.145. The fourth-order valence-electron chi connectivity index (χ4n) is 1.89. The van der Waals surface area contributed by atoms with Crippen LogP contribution in [0.2, 0.25) is 5.02 Å². The standard InChI is InChI=1S/C17H16ClFN2O4/c1-2-24-12-8-6-11(7-9-12)16(22)20-21-17(23)25-10-13-14(18)4-3-5-15(13)19/h3-9H,2,10H2,1H3,(H,20,22)(H,21,23). The van der Waals surface area contributed by atoms with E-state index in [9.17, 15) is 14.0 Å². The highest BCUT2D eigenvalue weighted by molar-refractivity contribution is 6.31.